The van der Waals surface area contributed by atoms with Gasteiger partial charge in [-0.05, 0) is 25.7 Å². The Morgan fingerprint density at radius 2 is 2.29 bits per heavy atom. The average Bonchev–Trinajstić information content (AvgIpc) is 2.81. The van der Waals surface area contributed by atoms with Crippen LogP contribution in [0.15, 0.2) is 4.52 Å². The molecule has 76 valence electrons. The minimum Gasteiger partial charge on any atom is -0.361 e. The van der Waals surface area contributed by atoms with Gasteiger partial charge in [-0.2, -0.15) is 0 Å². The Labute approximate surface area is 83.9 Å². The molecule has 2 aliphatic carbocycles. The highest BCUT2D eigenvalue weighted by molar-refractivity contribution is 5.30. The molecule has 1 N–H and O–H groups in total. The van der Waals surface area contributed by atoms with E-state index in [1.165, 1.54) is 24.8 Å². The second kappa shape index (κ2) is 3.09. The molecule has 1 atom stereocenters. The second-order valence-corrected chi connectivity index (χ2v) is 4.57. The Hall–Kier alpha value is -0.830. The van der Waals surface area contributed by atoms with Gasteiger partial charge in [0.1, 0.15) is 11.5 Å². The van der Waals surface area contributed by atoms with Crippen LogP contribution in [0.4, 0.5) is 0 Å². The summed E-state index contributed by atoms with van der Waals surface area (Å²) < 4.78 is 5.38. The topological polar surface area (TPSA) is 38.1 Å². The van der Waals surface area contributed by atoms with Gasteiger partial charge >= 0.3 is 0 Å². The zero-order valence-corrected chi connectivity index (χ0v) is 8.55. The van der Waals surface area contributed by atoms with Gasteiger partial charge in [-0.25, -0.2) is 0 Å². The third-order valence-electron chi connectivity index (χ3n) is 3.31. The maximum atomic E-state index is 5.38. The Balaban J connectivity index is 1.74. The molecule has 1 fully saturated rings. The first-order chi connectivity index (χ1) is 6.84. The van der Waals surface area contributed by atoms with Crippen LogP contribution in [-0.2, 0) is 13.0 Å². The third kappa shape index (κ3) is 1.36. The largest absolute Gasteiger partial charge is 0.361 e. The first-order valence-electron chi connectivity index (χ1n) is 5.55. The van der Waals surface area contributed by atoms with E-state index >= 15 is 0 Å². The summed E-state index contributed by atoms with van der Waals surface area (Å²) in [5.74, 6) is 1.71. The van der Waals surface area contributed by atoms with Gasteiger partial charge in [0.05, 0.1) is 0 Å². The minimum absolute atomic E-state index is 0.576. The predicted octanol–water partition coefficient (Wildman–Crippen LogP) is 1.98. The minimum atomic E-state index is 0.576. The highest BCUT2D eigenvalue weighted by atomic mass is 16.5. The molecule has 14 heavy (non-hydrogen) atoms. The summed E-state index contributed by atoms with van der Waals surface area (Å²) in [6, 6.07) is 0.751. The molecule has 0 amide bonds. The molecule has 1 saturated carbocycles. The smallest absolute Gasteiger partial charge is 0.143 e. The van der Waals surface area contributed by atoms with Crippen molar-refractivity contribution in [2.24, 2.45) is 0 Å². The average molecular weight is 192 g/mol. The Morgan fingerprint density at radius 1 is 1.43 bits per heavy atom. The van der Waals surface area contributed by atoms with Gasteiger partial charge in [-0.3, -0.25) is 0 Å². The maximum absolute atomic E-state index is 5.38. The Morgan fingerprint density at radius 3 is 3.07 bits per heavy atom. The van der Waals surface area contributed by atoms with Crippen LogP contribution in [0, 0.1) is 0 Å². The van der Waals surface area contributed by atoms with E-state index in [4.69, 9.17) is 4.52 Å². The van der Waals surface area contributed by atoms with Gasteiger partial charge < -0.3 is 9.84 Å². The fourth-order valence-electron chi connectivity index (χ4n) is 2.17. The summed E-state index contributed by atoms with van der Waals surface area (Å²) >= 11 is 0. The number of hydrogen-bond acceptors (Lipinski definition) is 3. The summed E-state index contributed by atoms with van der Waals surface area (Å²) in [6.45, 7) is 3.12. The van der Waals surface area contributed by atoms with Crippen LogP contribution in [-0.4, -0.2) is 11.2 Å². The molecule has 2 aliphatic rings. The fraction of sp³-hybridized carbons (Fsp3) is 0.727. The maximum Gasteiger partial charge on any atom is 0.143 e. The van der Waals surface area contributed by atoms with Gasteiger partial charge in [-0.15, -0.1) is 0 Å². The van der Waals surface area contributed by atoms with Crippen LogP contribution in [0.2, 0.25) is 0 Å². The van der Waals surface area contributed by atoms with Crippen LogP contribution in [0.25, 0.3) is 0 Å². The fourth-order valence-corrected chi connectivity index (χ4v) is 2.17. The van der Waals surface area contributed by atoms with E-state index in [1.807, 2.05) is 0 Å². The second-order valence-electron chi connectivity index (χ2n) is 4.57. The summed E-state index contributed by atoms with van der Waals surface area (Å²) in [4.78, 5) is 0. The van der Waals surface area contributed by atoms with Crippen molar-refractivity contribution in [3.8, 4) is 0 Å². The molecular formula is C11H16N2O. The van der Waals surface area contributed by atoms with Crippen molar-refractivity contribution in [2.75, 3.05) is 0 Å². The zero-order chi connectivity index (χ0) is 9.54. The van der Waals surface area contributed by atoms with Gasteiger partial charge in [-0.1, -0.05) is 12.1 Å². The van der Waals surface area contributed by atoms with E-state index < -0.39 is 0 Å². The van der Waals surface area contributed by atoms with E-state index in [9.17, 15) is 0 Å². The lowest BCUT2D eigenvalue weighted by atomic mass is 10.1. The number of aromatic nitrogens is 1. The normalized spacial score (nSPS) is 25.4. The zero-order valence-electron chi connectivity index (χ0n) is 8.55. The van der Waals surface area contributed by atoms with Crippen molar-refractivity contribution < 1.29 is 4.52 Å². The van der Waals surface area contributed by atoms with E-state index in [-0.39, 0.29) is 0 Å². The van der Waals surface area contributed by atoms with E-state index in [0.29, 0.717) is 5.92 Å². The molecule has 3 nitrogen and oxygen atoms in total. The van der Waals surface area contributed by atoms with Crippen molar-refractivity contribution in [2.45, 2.75) is 51.1 Å². The van der Waals surface area contributed by atoms with Crippen molar-refractivity contribution >= 4 is 0 Å². The Bertz CT molecular complexity index is 341. The van der Waals surface area contributed by atoms with Gasteiger partial charge in [0, 0.05) is 24.1 Å². The molecule has 0 aliphatic heterocycles. The molecule has 3 rings (SSSR count). The first kappa shape index (κ1) is 8.48. The lowest BCUT2D eigenvalue weighted by Crippen LogP contribution is -2.16. The van der Waals surface area contributed by atoms with Crippen molar-refractivity contribution in [1.29, 1.82) is 0 Å². The van der Waals surface area contributed by atoms with Crippen LogP contribution in [0.5, 0.6) is 0 Å². The summed E-state index contributed by atoms with van der Waals surface area (Å²) in [7, 11) is 0. The van der Waals surface area contributed by atoms with E-state index in [1.54, 1.807) is 0 Å². The summed E-state index contributed by atoms with van der Waals surface area (Å²) in [5.41, 5.74) is 2.53. The lowest BCUT2D eigenvalue weighted by molar-refractivity contribution is 0.361. The molecule has 0 saturated heterocycles. The van der Waals surface area contributed by atoms with Crippen molar-refractivity contribution in [1.82, 2.24) is 10.5 Å². The monoisotopic (exact) mass is 192 g/mol. The van der Waals surface area contributed by atoms with Crippen LogP contribution < -0.4 is 5.32 Å². The molecular weight excluding hydrogens is 176 g/mol. The number of fused-ring (bicyclic) bond motifs is 1. The van der Waals surface area contributed by atoms with Crippen molar-refractivity contribution in [3.05, 3.63) is 17.0 Å². The van der Waals surface area contributed by atoms with Gasteiger partial charge in [0.15, 0.2) is 0 Å². The molecule has 3 heteroatoms. The quantitative estimate of drug-likeness (QED) is 0.795. The molecule has 1 heterocycles. The summed E-state index contributed by atoms with van der Waals surface area (Å²) in [6.07, 6.45) is 5.04. The number of nitrogens with one attached hydrogen (secondary N) is 1. The highest BCUT2D eigenvalue weighted by Gasteiger charge is 2.28. The third-order valence-corrected chi connectivity index (χ3v) is 3.31. The molecule has 0 radical (unpaired) electrons. The molecule has 0 spiro atoms. The lowest BCUT2D eigenvalue weighted by Gasteiger charge is -1.99. The van der Waals surface area contributed by atoms with Gasteiger partial charge in [0.25, 0.3) is 0 Å². The summed E-state index contributed by atoms with van der Waals surface area (Å²) in [5, 5.41) is 7.63. The number of nitrogens with zero attached hydrogens (tertiary/aromatic N) is 1. The van der Waals surface area contributed by atoms with Crippen LogP contribution in [0.1, 0.15) is 49.1 Å². The molecule has 0 bridgehead atoms. The number of rotatable bonds is 3. The Kier molecular flexibility index (Phi) is 1.87. The van der Waals surface area contributed by atoms with Gasteiger partial charge in [0.2, 0.25) is 0 Å². The molecule has 1 aromatic rings. The first-order valence-corrected chi connectivity index (χ1v) is 5.55. The van der Waals surface area contributed by atoms with E-state index in [0.717, 1.165) is 30.5 Å². The number of hydrogen-bond donors (Lipinski definition) is 1. The molecule has 1 aromatic heterocycles. The van der Waals surface area contributed by atoms with Crippen molar-refractivity contribution in [3.63, 3.8) is 0 Å². The standard InChI is InChI=1S/C11H16N2O/c1-7-2-5-9-10(13-14-11(7)9)6-12-8-3-4-8/h7-8,12H,2-6H2,1H3. The molecule has 0 aromatic carbocycles. The predicted molar refractivity (Wildman–Crippen MR) is 53.1 cm³/mol. The molecule has 1 unspecified atom stereocenters. The highest BCUT2D eigenvalue weighted by Crippen LogP contribution is 2.34. The van der Waals surface area contributed by atoms with Crippen LogP contribution >= 0.6 is 0 Å². The van der Waals surface area contributed by atoms with E-state index in [2.05, 4.69) is 17.4 Å². The SMILES string of the molecule is CC1CCc2c(CNC3CC3)noc21. The van der Waals surface area contributed by atoms with Crippen LogP contribution in [0.3, 0.4) is 0 Å².